The Morgan fingerprint density at radius 2 is 2.08 bits per heavy atom. The fourth-order valence-corrected chi connectivity index (χ4v) is 3.83. The molecule has 0 spiro atoms. The summed E-state index contributed by atoms with van der Waals surface area (Å²) in [6, 6.07) is 7.59. The number of thiazole rings is 1. The smallest absolute Gasteiger partial charge is 0.238 e. The quantitative estimate of drug-likeness (QED) is 0.667. The second-order valence-corrected chi connectivity index (χ2v) is 8.16. The summed E-state index contributed by atoms with van der Waals surface area (Å²) < 4.78 is 5.93. The van der Waals surface area contributed by atoms with Crippen LogP contribution in [0.5, 0.6) is 0 Å². The highest BCUT2D eigenvalue weighted by molar-refractivity contribution is 8.01. The van der Waals surface area contributed by atoms with Crippen molar-refractivity contribution in [3.8, 4) is 0 Å². The Labute approximate surface area is 158 Å². The van der Waals surface area contributed by atoms with E-state index in [0.717, 1.165) is 15.8 Å². The minimum Gasteiger partial charge on any atom is -0.360 e. The molecule has 7 nitrogen and oxygen atoms in total. The van der Waals surface area contributed by atoms with Gasteiger partial charge in [0.2, 0.25) is 11.8 Å². The van der Waals surface area contributed by atoms with Crippen LogP contribution >= 0.6 is 23.1 Å². The van der Waals surface area contributed by atoms with Gasteiger partial charge in [-0.25, -0.2) is 4.98 Å². The number of aromatic nitrogens is 2. The van der Waals surface area contributed by atoms with Crippen LogP contribution in [0.3, 0.4) is 0 Å². The molecule has 0 aliphatic heterocycles. The molecular weight excluding hydrogens is 372 g/mol. The van der Waals surface area contributed by atoms with Gasteiger partial charge in [-0.05, 0) is 38.5 Å². The number of hydrogen-bond donors (Lipinski definition) is 2. The number of carbonyl (C=O) groups excluding carboxylic acids is 2. The molecule has 3 aromatic rings. The number of hydrogen-bond acceptors (Lipinski definition) is 7. The van der Waals surface area contributed by atoms with Crippen molar-refractivity contribution in [3.63, 3.8) is 0 Å². The number of benzene rings is 1. The van der Waals surface area contributed by atoms with E-state index in [1.807, 2.05) is 25.1 Å². The third kappa shape index (κ3) is 4.61. The minimum atomic E-state index is -0.407. The molecule has 1 atom stereocenters. The van der Waals surface area contributed by atoms with E-state index in [1.54, 1.807) is 19.9 Å². The summed E-state index contributed by atoms with van der Waals surface area (Å²) in [6.45, 7) is 5.50. The average Bonchev–Trinajstić information content (AvgIpc) is 3.17. The molecule has 26 heavy (non-hydrogen) atoms. The topological polar surface area (TPSA) is 97.1 Å². The zero-order valence-corrected chi connectivity index (χ0v) is 16.2. The molecule has 0 aliphatic carbocycles. The molecule has 0 bridgehead atoms. The van der Waals surface area contributed by atoms with Gasteiger partial charge in [-0.15, -0.1) is 11.8 Å². The van der Waals surface area contributed by atoms with E-state index in [1.165, 1.54) is 23.1 Å². The van der Waals surface area contributed by atoms with E-state index in [2.05, 4.69) is 20.8 Å². The van der Waals surface area contributed by atoms with Crippen molar-refractivity contribution in [1.82, 2.24) is 10.1 Å². The maximum atomic E-state index is 12.1. The van der Waals surface area contributed by atoms with Gasteiger partial charge in [-0.2, -0.15) is 0 Å². The zero-order chi connectivity index (χ0) is 18.7. The van der Waals surface area contributed by atoms with E-state index in [-0.39, 0.29) is 17.6 Å². The molecule has 0 saturated carbocycles. The summed E-state index contributed by atoms with van der Waals surface area (Å²) in [7, 11) is 0. The summed E-state index contributed by atoms with van der Waals surface area (Å²) in [5.41, 5.74) is 2.01. The SMILES string of the molecule is Cc1ccc2nc(NC(=O)CSC(C)C(=O)Nc3cc(C)on3)sc2c1. The van der Waals surface area contributed by atoms with Gasteiger partial charge >= 0.3 is 0 Å². The van der Waals surface area contributed by atoms with Crippen LogP contribution in [0.2, 0.25) is 0 Å². The largest absolute Gasteiger partial charge is 0.360 e. The van der Waals surface area contributed by atoms with Gasteiger partial charge in [0.05, 0.1) is 21.2 Å². The number of fused-ring (bicyclic) bond motifs is 1. The van der Waals surface area contributed by atoms with Crippen LogP contribution in [0.25, 0.3) is 10.2 Å². The zero-order valence-electron chi connectivity index (χ0n) is 14.5. The third-order valence-electron chi connectivity index (χ3n) is 3.50. The first-order chi connectivity index (χ1) is 12.4. The molecule has 2 aromatic heterocycles. The standard InChI is InChI=1S/C17H18N4O3S2/c1-9-4-5-12-13(6-9)26-17(18-12)20-15(22)8-25-11(3)16(23)19-14-7-10(2)24-21-14/h4-7,11H,8H2,1-3H3,(H,18,20,22)(H,19,21,23). The second-order valence-electron chi connectivity index (χ2n) is 5.80. The number of rotatable bonds is 6. The van der Waals surface area contributed by atoms with Crippen molar-refractivity contribution in [1.29, 1.82) is 0 Å². The van der Waals surface area contributed by atoms with Gasteiger partial charge in [0.1, 0.15) is 5.76 Å². The Morgan fingerprint density at radius 3 is 2.81 bits per heavy atom. The number of amides is 2. The summed E-state index contributed by atoms with van der Waals surface area (Å²) in [5.74, 6) is 0.718. The van der Waals surface area contributed by atoms with Crippen LogP contribution in [0.1, 0.15) is 18.2 Å². The summed E-state index contributed by atoms with van der Waals surface area (Å²) in [6.07, 6.45) is 0. The Kier molecular flexibility index (Phi) is 5.58. The number of thioether (sulfide) groups is 1. The van der Waals surface area contributed by atoms with Gasteiger partial charge in [0, 0.05) is 6.07 Å². The summed E-state index contributed by atoms with van der Waals surface area (Å²) >= 11 is 2.68. The van der Waals surface area contributed by atoms with E-state index >= 15 is 0 Å². The fraction of sp³-hybridized carbons (Fsp3) is 0.294. The van der Waals surface area contributed by atoms with E-state index in [9.17, 15) is 9.59 Å². The molecular formula is C17H18N4O3S2. The van der Waals surface area contributed by atoms with Crippen molar-refractivity contribution >= 4 is 56.1 Å². The van der Waals surface area contributed by atoms with Gasteiger partial charge in [0.15, 0.2) is 10.9 Å². The van der Waals surface area contributed by atoms with Gasteiger partial charge in [-0.1, -0.05) is 22.6 Å². The normalized spacial score (nSPS) is 12.1. The second kappa shape index (κ2) is 7.88. The molecule has 1 unspecified atom stereocenters. The monoisotopic (exact) mass is 390 g/mol. The number of anilines is 2. The van der Waals surface area contributed by atoms with Gasteiger partial charge < -0.3 is 15.2 Å². The average molecular weight is 390 g/mol. The van der Waals surface area contributed by atoms with E-state index < -0.39 is 5.25 Å². The lowest BCUT2D eigenvalue weighted by Crippen LogP contribution is -2.25. The third-order valence-corrected chi connectivity index (χ3v) is 5.58. The molecule has 136 valence electrons. The van der Waals surface area contributed by atoms with Crippen molar-refractivity contribution < 1.29 is 14.1 Å². The van der Waals surface area contributed by atoms with Crippen molar-refractivity contribution in [3.05, 3.63) is 35.6 Å². The number of carbonyl (C=O) groups is 2. The van der Waals surface area contributed by atoms with Crippen LogP contribution < -0.4 is 10.6 Å². The lowest BCUT2D eigenvalue weighted by molar-refractivity contribution is -0.115. The summed E-state index contributed by atoms with van der Waals surface area (Å²) in [4.78, 5) is 28.6. The number of aryl methyl sites for hydroxylation is 2. The maximum Gasteiger partial charge on any atom is 0.238 e. The Balaban J connectivity index is 1.50. The molecule has 0 radical (unpaired) electrons. The molecule has 0 aliphatic rings. The van der Waals surface area contributed by atoms with Crippen molar-refractivity contribution in [2.75, 3.05) is 16.4 Å². The molecule has 2 amide bonds. The highest BCUT2D eigenvalue weighted by Gasteiger charge is 2.17. The van der Waals surface area contributed by atoms with E-state index in [4.69, 9.17) is 4.52 Å². The maximum absolute atomic E-state index is 12.1. The predicted octanol–water partition coefficient (Wildman–Crippen LogP) is 3.60. The number of nitrogens with one attached hydrogen (secondary N) is 2. The van der Waals surface area contributed by atoms with Crippen LogP contribution in [0.15, 0.2) is 28.8 Å². The first kappa shape index (κ1) is 18.4. The minimum absolute atomic E-state index is 0.154. The summed E-state index contributed by atoms with van der Waals surface area (Å²) in [5, 5.41) is 9.31. The van der Waals surface area contributed by atoms with Crippen molar-refractivity contribution in [2.24, 2.45) is 0 Å². The van der Waals surface area contributed by atoms with E-state index in [0.29, 0.717) is 16.7 Å². The molecule has 1 aromatic carbocycles. The van der Waals surface area contributed by atoms with Crippen LogP contribution in [0.4, 0.5) is 10.9 Å². The molecule has 3 rings (SSSR count). The Bertz CT molecular complexity index is 951. The first-order valence-electron chi connectivity index (χ1n) is 7.93. The Hall–Kier alpha value is -2.39. The van der Waals surface area contributed by atoms with Crippen molar-refractivity contribution in [2.45, 2.75) is 26.0 Å². The highest BCUT2D eigenvalue weighted by Crippen LogP contribution is 2.27. The fourth-order valence-electron chi connectivity index (χ4n) is 2.17. The van der Waals surface area contributed by atoms with Crippen LogP contribution in [-0.4, -0.2) is 33.0 Å². The lowest BCUT2D eigenvalue weighted by atomic mass is 10.2. The molecule has 0 saturated heterocycles. The van der Waals surface area contributed by atoms with Gasteiger partial charge in [0.25, 0.3) is 0 Å². The van der Waals surface area contributed by atoms with Gasteiger partial charge in [-0.3, -0.25) is 9.59 Å². The molecule has 2 heterocycles. The Morgan fingerprint density at radius 1 is 1.27 bits per heavy atom. The molecule has 9 heteroatoms. The lowest BCUT2D eigenvalue weighted by Gasteiger charge is -2.09. The predicted molar refractivity (Wildman–Crippen MR) is 105 cm³/mol. The highest BCUT2D eigenvalue weighted by atomic mass is 32.2. The molecule has 0 fully saturated rings. The van der Waals surface area contributed by atoms with Crippen LogP contribution in [-0.2, 0) is 9.59 Å². The number of nitrogens with zero attached hydrogens (tertiary/aromatic N) is 2. The first-order valence-corrected chi connectivity index (χ1v) is 9.80. The van der Waals surface area contributed by atoms with Crippen LogP contribution in [0, 0.1) is 13.8 Å². The molecule has 2 N–H and O–H groups in total.